The summed E-state index contributed by atoms with van der Waals surface area (Å²) in [5.74, 6) is 0.496. The molecule has 4 rings (SSSR count). The van der Waals surface area contributed by atoms with Crippen LogP contribution in [0.2, 0.25) is 5.02 Å². The molecule has 1 amide bonds. The number of nitrogens with zero attached hydrogens (tertiary/aromatic N) is 5. The number of hydrogen-bond acceptors (Lipinski definition) is 7. The van der Waals surface area contributed by atoms with E-state index in [9.17, 15) is 4.79 Å². The molecule has 10 nitrogen and oxygen atoms in total. The number of anilines is 1. The van der Waals surface area contributed by atoms with E-state index in [1.54, 1.807) is 28.9 Å². The zero-order chi connectivity index (χ0) is 21.3. The summed E-state index contributed by atoms with van der Waals surface area (Å²) in [5.41, 5.74) is 9.66. The zero-order valence-corrected chi connectivity index (χ0v) is 17.1. The highest BCUT2D eigenvalue weighted by molar-refractivity contribution is 6.31. The lowest BCUT2D eigenvalue weighted by Crippen LogP contribution is -2.24. The molecule has 30 heavy (non-hydrogen) atoms. The van der Waals surface area contributed by atoms with Crippen LogP contribution in [0.3, 0.4) is 0 Å². The highest BCUT2D eigenvalue weighted by Crippen LogP contribution is 2.26. The number of H-pyrrole nitrogens is 1. The number of pyridine rings is 1. The number of fused-ring (bicyclic) bond motifs is 1. The van der Waals surface area contributed by atoms with Gasteiger partial charge in [-0.2, -0.15) is 5.10 Å². The fourth-order valence-electron chi connectivity index (χ4n) is 3.00. The number of nitrogens with two attached hydrogens (primary N) is 1. The molecule has 0 radical (unpaired) electrons. The molecule has 0 aliphatic rings. The molecule has 4 N–H and O–H groups in total. The summed E-state index contributed by atoms with van der Waals surface area (Å²) in [6.07, 6.45) is 0. The number of hydrogen-bond donors (Lipinski definition) is 3. The van der Waals surface area contributed by atoms with Crippen molar-refractivity contribution in [2.75, 3.05) is 5.73 Å². The van der Waals surface area contributed by atoms with Crippen molar-refractivity contribution in [2.45, 2.75) is 20.1 Å². The number of aromatic nitrogens is 6. The van der Waals surface area contributed by atoms with Crippen LogP contribution in [0.5, 0.6) is 5.75 Å². The number of benzene rings is 1. The van der Waals surface area contributed by atoms with E-state index in [1.807, 2.05) is 20.0 Å². The number of ether oxygens (including phenoxy) is 1. The van der Waals surface area contributed by atoms with E-state index in [1.165, 1.54) is 0 Å². The van der Waals surface area contributed by atoms with Crippen LogP contribution in [0.25, 0.3) is 11.2 Å². The van der Waals surface area contributed by atoms with Gasteiger partial charge in [0.1, 0.15) is 12.4 Å². The number of carbonyl (C=O) groups is 1. The topological polar surface area (TPSA) is 137 Å². The van der Waals surface area contributed by atoms with Crippen molar-refractivity contribution < 1.29 is 9.53 Å². The number of carbonyl (C=O) groups excluding carboxylic acids is 1. The third-order valence-corrected chi connectivity index (χ3v) is 4.86. The van der Waals surface area contributed by atoms with Gasteiger partial charge >= 0.3 is 0 Å². The Balaban J connectivity index is 1.43. The summed E-state index contributed by atoms with van der Waals surface area (Å²) in [6, 6.07) is 8.54. The van der Waals surface area contributed by atoms with Crippen molar-refractivity contribution in [1.82, 2.24) is 35.5 Å². The number of amides is 1. The van der Waals surface area contributed by atoms with Crippen LogP contribution in [-0.2, 0) is 20.2 Å². The second-order valence-corrected chi connectivity index (χ2v) is 7.14. The minimum Gasteiger partial charge on any atom is -0.486 e. The summed E-state index contributed by atoms with van der Waals surface area (Å²) in [7, 11) is 1.84. The maximum Gasteiger partial charge on any atom is 0.251 e. The SMILES string of the molecule is Cc1cc(CNC(=O)c2ccc(COc3cc(N)nc4[nH]nnc34)c(Cl)c2)n(C)n1. The van der Waals surface area contributed by atoms with Gasteiger partial charge in [0, 0.05) is 29.3 Å². The molecule has 0 spiro atoms. The van der Waals surface area contributed by atoms with Gasteiger partial charge in [-0.25, -0.2) is 10.1 Å². The molecule has 0 saturated carbocycles. The Morgan fingerprint density at radius 2 is 2.17 bits per heavy atom. The number of nitrogens with one attached hydrogen (secondary N) is 2. The smallest absolute Gasteiger partial charge is 0.251 e. The number of aryl methyl sites for hydroxylation is 2. The first-order valence-electron chi connectivity index (χ1n) is 9.07. The first kappa shape index (κ1) is 19.6. The van der Waals surface area contributed by atoms with Gasteiger partial charge in [0.15, 0.2) is 16.9 Å². The number of rotatable bonds is 6. The molecule has 0 saturated heterocycles. The summed E-state index contributed by atoms with van der Waals surface area (Å²) in [6.45, 7) is 2.44. The number of nitrogen functional groups attached to an aromatic ring is 1. The summed E-state index contributed by atoms with van der Waals surface area (Å²) in [4.78, 5) is 16.6. The zero-order valence-electron chi connectivity index (χ0n) is 16.3. The Hall–Kier alpha value is -3.66. The van der Waals surface area contributed by atoms with Gasteiger partial charge in [-0.05, 0) is 25.1 Å². The first-order valence-corrected chi connectivity index (χ1v) is 9.44. The number of halogens is 1. The standard InChI is InChI=1S/C19H19ClN8O2/c1-10-5-13(28(2)26-10)8-22-19(29)11-3-4-12(14(20)6-11)9-30-15-7-16(21)23-18-17(15)24-27-25-18/h3-7H,8-9H2,1-2H3,(H,22,29)(H3,21,23,24,25,27). The largest absolute Gasteiger partial charge is 0.486 e. The molecule has 11 heteroatoms. The van der Waals surface area contributed by atoms with Crippen LogP contribution >= 0.6 is 11.6 Å². The quantitative estimate of drug-likeness (QED) is 0.429. The molecule has 0 aliphatic heterocycles. The molecule has 0 unspecified atom stereocenters. The Kier molecular flexibility index (Phi) is 5.23. The molecule has 0 bridgehead atoms. The minimum atomic E-state index is -0.227. The second-order valence-electron chi connectivity index (χ2n) is 6.73. The lowest BCUT2D eigenvalue weighted by molar-refractivity contribution is 0.0950. The molecule has 154 valence electrons. The van der Waals surface area contributed by atoms with Gasteiger partial charge in [0.05, 0.1) is 17.9 Å². The summed E-state index contributed by atoms with van der Waals surface area (Å²) in [5, 5.41) is 17.8. The Bertz CT molecular complexity index is 1230. The van der Waals surface area contributed by atoms with E-state index in [2.05, 4.69) is 30.8 Å². The monoisotopic (exact) mass is 426 g/mol. The molecular weight excluding hydrogens is 408 g/mol. The molecular formula is C19H19ClN8O2. The fraction of sp³-hybridized carbons (Fsp3) is 0.211. The van der Waals surface area contributed by atoms with Crippen molar-refractivity contribution in [3.8, 4) is 5.75 Å². The van der Waals surface area contributed by atoms with Gasteiger partial charge in [-0.1, -0.05) is 22.9 Å². The third-order valence-electron chi connectivity index (χ3n) is 4.51. The summed E-state index contributed by atoms with van der Waals surface area (Å²) < 4.78 is 7.55. The van der Waals surface area contributed by atoms with Gasteiger partial charge < -0.3 is 15.8 Å². The van der Waals surface area contributed by atoms with Gasteiger partial charge in [-0.3, -0.25) is 9.48 Å². The Morgan fingerprint density at radius 3 is 2.90 bits per heavy atom. The molecule has 0 aliphatic carbocycles. The molecule has 0 atom stereocenters. The van der Waals surface area contributed by atoms with E-state index in [-0.39, 0.29) is 18.3 Å². The number of aromatic amines is 1. The molecule has 4 aromatic rings. The van der Waals surface area contributed by atoms with Gasteiger partial charge in [-0.15, -0.1) is 5.10 Å². The van der Waals surface area contributed by atoms with Crippen LogP contribution in [-0.4, -0.2) is 36.1 Å². The Morgan fingerprint density at radius 1 is 1.33 bits per heavy atom. The first-order chi connectivity index (χ1) is 14.4. The molecule has 3 aromatic heterocycles. The van der Waals surface area contributed by atoms with Crippen molar-refractivity contribution in [3.63, 3.8) is 0 Å². The molecule has 3 heterocycles. The van der Waals surface area contributed by atoms with Gasteiger partial charge in [0.2, 0.25) is 0 Å². The molecule has 0 fully saturated rings. The maximum atomic E-state index is 12.5. The minimum absolute atomic E-state index is 0.167. The van der Waals surface area contributed by atoms with Crippen molar-refractivity contribution in [3.05, 3.63) is 57.9 Å². The lowest BCUT2D eigenvalue weighted by Gasteiger charge is -2.10. The van der Waals surface area contributed by atoms with Crippen molar-refractivity contribution >= 4 is 34.5 Å². The van der Waals surface area contributed by atoms with Crippen LogP contribution in [0, 0.1) is 6.92 Å². The predicted octanol–water partition coefficient (Wildman–Crippen LogP) is 2.14. The summed E-state index contributed by atoms with van der Waals surface area (Å²) >= 11 is 6.37. The van der Waals surface area contributed by atoms with Crippen LogP contribution in [0.15, 0.2) is 30.3 Å². The van der Waals surface area contributed by atoms with Crippen LogP contribution in [0.1, 0.15) is 27.3 Å². The van der Waals surface area contributed by atoms with E-state index < -0.39 is 0 Å². The predicted molar refractivity (Wildman–Crippen MR) is 111 cm³/mol. The second kappa shape index (κ2) is 7.99. The highest BCUT2D eigenvalue weighted by Gasteiger charge is 2.13. The average Bonchev–Trinajstić information content (AvgIpc) is 3.30. The van der Waals surface area contributed by atoms with Gasteiger partial charge in [0.25, 0.3) is 5.91 Å². The van der Waals surface area contributed by atoms with E-state index in [4.69, 9.17) is 22.1 Å². The lowest BCUT2D eigenvalue weighted by atomic mass is 10.1. The maximum absolute atomic E-state index is 12.5. The average molecular weight is 427 g/mol. The fourth-order valence-corrected chi connectivity index (χ4v) is 3.24. The van der Waals surface area contributed by atoms with Crippen LogP contribution in [0.4, 0.5) is 5.82 Å². The molecule has 1 aromatic carbocycles. The highest BCUT2D eigenvalue weighted by atomic mass is 35.5. The normalized spacial score (nSPS) is 11.0. The van der Waals surface area contributed by atoms with E-state index >= 15 is 0 Å². The van der Waals surface area contributed by atoms with Crippen molar-refractivity contribution in [2.24, 2.45) is 7.05 Å². The van der Waals surface area contributed by atoms with Crippen molar-refractivity contribution in [1.29, 1.82) is 0 Å². The third kappa shape index (κ3) is 4.03. The van der Waals surface area contributed by atoms with Crippen LogP contribution < -0.4 is 15.8 Å². The van der Waals surface area contributed by atoms with E-state index in [0.29, 0.717) is 39.6 Å². The van der Waals surface area contributed by atoms with E-state index in [0.717, 1.165) is 11.4 Å². The Labute approximate surface area is 176 Å².